The fourth-order valence-electron chi connectivity index (χ4n) is 4.72. The number of rotatable bonds is 9. The van der Waals surface area contributed by atoms with Crippen LogP contribution in [0.25, 0.3) is 0 Å². The second-order valence-corrected chi connectivity index (χ2v) is 12.9. The van der Waals surface area contributed by atoms with Crippen LogP contribution in [0.5, 0.6) is 5.75 Å². The molecule has 3 amide bonds. The maximum absolute atomic E-state index is 13.7. The summed E-state index contributed by atoms with van der Waals surface area (Å²) in [5.74, 6) is -2.16. The van der Waals surface area contributed by atoms with Crippen molar-refractivity contribution in [3.05, 3.63) is 65.7 Å². The Labute approximate surface area is 252 Å². The normalized spacial score (nSPS) is 17.7. The van der Waals surface area contributed by atoms with Gasteiger partial charge in [-0.3, -0.25) is 4.79 Å². The molecule has 1 N–H and O–H groups in total. The van der Waals surface area contributed by atoms with E-state index in [1.54, 1.807) is 32.7 Å². The highest BCUT2D eigenvalue weighted by molar-refractivity contribution is 5.86. The molecular formula is C32H43F2N3O6. The number of hydrogen-bond donors (Lipinski definition) is 1. The van der Waals surface area contributed by atoms with Crippen molar-refractivity contribution in [2.24, 2.45) is 5.41 Å². The first-order valence-electron chi connectivity index (χ1n) is 14.4. The number of nitrogens with zero attached hydrogens (tertiary/aromatic N) is 2. The fourth-order valence-corrected chi connectivity index (χ4v) is 4.72. The molecule has 11 heteroatoms. The van der Waals surface area contributed by atoms with E-state index >= 15 is 0 Å². The van der Waals surface area contributed by atoms with Crippen LogP contribution >= 0.6 is 0 Å². The minimum Gasteiger partial charge on any atom is -0.488 e. The Bertz CT molecular complexity index is 1260. The number of ether oxygens (including phenoxy) is 3. The van der Waals surface area contributed by atoms with Gasteiger partial charge >= 0.3 is 12.2 Å². The molecule has 0 aliphatic carbocycles. The second-order valence-electron chi connectivity index (χ2n) is 12.9. The third kappa shape index (κ3) is 10.1. The van der Waals surface area contributed by atoms with E-state index < -0.39 is 47.0 Å². The number of benzene rings is 2. The number of amides is 3. The van der Waals surface area contributed by atoms with E-state index in [1.165, 1.54) is 11.0 Å². The van der Waals surface area contributed by atoms with Crippen LogP contribution < -0.4 is 10.1 Å². The highest BCUT2D eigenvalue weighted by Crippen LogP contribution is 2.28. The highest BCUT2D eigenvalue weighted by Gasteiger charge is 2.40. The zero-order valence-corrected chi connectivity index (χ0v) is 26.0. The molecule has 0 bridgehead atoms. The molecule has 1 aliphatic rings. The van der Waals surface area contributed by atoms with Crippen molar-refractivity contribution in [1.29, 1.82) is 0 Å². The molecule has 2 aromatic rings. The Morgan fingerprint density at radius 1 is 1.02 bits per heavy atom. The molecular weight excluding hydrogens is 560 g/mol. The van der Waals surface area contributed by atoms with Crippen molar-refractivity contribution in [2.75, 3.05) is 20.1 Å². The molecule has 3 atom stereocenters. The van der Waals surface area contributed by atoms with E-state index in [2.05, 4.69) is 5.32 Å². The standard InChI is InChI=1S/C32H43F2N3O6/c1-31(2,3)27(35-29(39)41-20-21-11-9-8-10-12-21)28(38)36(7)16-15-22-17-24(19-37(22)30(40)43-32(4,5)6)42-23-13-14-25(33)26(34)18-23/h8-14,18,22,24,27H,15-17,19-20H2,1-7H3,(H,35,39). The highest BCUT2D eigenvalue weighted by atomic mass is 19.2. The van der Waals surface area contributed by atoms with E-state index in [1.807, 2.05) is 51.1 Å². The van der Waals surface area contributed by atoms with Gasteiger partial charge in [-0.05, 0) is 50.3 Å². The lowest BCUT2D eigenvalue weighted by Gasteiger charge is -2.34. The summed E-state index contributed by atoms with van der Waals surface area (Å²) in [6, 6.07) is 11.3. The van der Waals surface area contributed by atoms with Crippen molar-refractivity contribution in [3.8, 4) is 5.75 Å². The smallest absolute Gasteiger partial charge is 0.410 e. The molecule has 236 valence electrons. The molecule has 1 aliphatic heterocycles. The molecule has 1 saturated heterocycles. The van der Waals surface area contributed by atoms with Crippen molar-refractivity contribution >= 4 is 18.1 Å². The maximum atomic E-state index is 13.7. The van der Waals surface area contributed by atoms with Gasteiger partial charge in [0.15, 0.2) is 11.6 Å². The SMILES string of the molecule is CN(CCC1CC(Oc2ccc(F)c(F)c2)CN1C(=O)OC(C)(C)C)C(=O)C(NC(=O)OCc1ccccc1)C(C)(C)C. The van der Waals surface area contributed by atoms with Crippen LogP contribution in [0, 0.1) is 17.0 Å². The number of hydrogen-bond acceptors (Lipinski definition) is 6. The summed E-state index contributed by atoms with van der Waals surface area (Å²) in [5, 5.41) is 2.72. The maximum Gasteiger partial charge on any atom is 0.410 e. The molecule has 3 unspecified atom stereocenters. The van der Waals surface area contributed by atoms with Crippen LogP contribution in [0.2, 0.25) is 0 Å². The zero-order valence-electron chi connectivity index (χ0n) is 26.0. The summed E-state index contributed by atoms with van der Waals surface area (Å²) in [4.78, 5) is 42.3. The molecule has 0 spiro atoms. The number of likely N-dealkylation sites (tertiary alicyclic amines) is 1. The number of carbonyl (C=O) groups is 3. The zero-order chi connectivity index (χ0) is 31.9. The van der Waals surface area contributed by atoms with Gasteiger partial charge in [0.1, 0.15) is 30.1 Å². The predicted octanol–water partition coefficient (Wildman–Crippen LogP) is 5.91. The molecule has 2 aromatic carbocycles. The number of carbonyl (C=O) groups excluding carboxylic acids is 3. The Balaban J connectivity index is 1.65. The summed E-state index contributed by atoms with van der Waals surface area (Å²) in [5.41, 5.74) is -0.517. The Morgan fingerprint density at radius 3 is 2.30 bits per heavy atom. The predicted molar refractivity (Wildman–Crippen MR) is 157 cm³/mol. The molecule has 43 heavy (non-hydrogen) atoms. The Morgan fingerprint density at radius 2 is 1.70 bits per heavy atom. The van der Waals surface area contributed by atoms with Crippen LogP contribution in [0.15, 0.2) is 48.5 Å². The van der Waals surface area contributed by atoms with E-state index in [0.29, 0.717) is 12.8 Å². The Kier molecular flexibility index (Phi) is 11.0. The van der Waals surface area contributed by atoms with E-state index in [9.17, 15) is 23.2 Å². The van der Waals surface area contributed by atoms with Gasteiger partial charge in [0, 0.05) is 32.1 Å². The minimum absolute atomic E-state index is 0.0730. The average molecular weight is 604 g/mol. The van der Waals surface area contributed by atoms with Gasteiger partial charge in [-0.25, -0.2) is 18.4 Å². The minimum atomic E-state index is -1.03. The van der Waals surface area contributed by atoms with Crippen LogP contribution in [-0.4, -0.2) is 71.8 Å². The molecule has 3 rings (SSSR count). The summed E-state index contributed by atoms with van der Waals surface area (Å²) < 4.78 is 44.0. The van der Waals surface area contributed by atoms with Gasteiger partial charge in [0.2, 0.25) is 5.91 Å². The Hall–Kier alpha value is -3.89. The van der Waals surface area contributed by atoms with Gasteiger partial charge in [-0.2, -0.15) is 0 Å². The fraction of sp³-hybridized carbons (Fsp3) is 0.531. The van der Waals surface area contributed by atoms with Gasteiger partial charge in [0.25, 0.3) is 0 Å². The topological polar surface area (TPSA) is 97.4 Å². The molecule has 0 radical (unpaired) electrons. The van der Waals surface area contributed by atoms with Crippen LogP contribution in [0.1, 0.15) is 59.9 Å². The van der Waals surface area contributed by atoms with Gasteiger partial charge < -0.3 is 29.3 Å². The summed E-state index contributed by atoms with van der Waals surface area (Å²) in [6.45, 7) is 11.4. The van der Waals surface area contributed by atoms with E-state index in [4.69, 9.17) is 14.2 Å². The van der Waals surface area contributed by atoms with Gasteiger partial charge in [-0.1, -0.05) is 51.1 Å². The second kappa shape index (κ2) is 14.1. The molecule has 1 fully saturated rings. The first kappa shape index (κ1) is 33.6. The lowest BCUT2D eigenvalue weighted by atomic mass is 9.86. The van der Waals surface area contributed by atoms with Gasteiger partial charge in [-0.15, -0.1) is 0 Å². The van der Waals surface area contributed by atoms with Crippen molar-refractivity contribution < 1.29 is 37.4 Å². The lowest BCUT2D eigenvalue weighted by Crippen LogP contribution is -2.54. The van der Waals surface area contributed by atoms with Gasteiger partial charge in [0.05, 0.1) is 6.54 Å². The third-order valence-electron chi connectivity index (χ3n) is 6.96. The number of halogens is 2. The summed E-state index contributed by atoms with van der Waals surface area (Å²) in [6.07, 6.45) is -0.929. The average Bonchev–Trinajstić information content (AvgIpc) is 3.32. The van der Waals surface area contributed by atoms with Crippen molar-refractivity contribution in [1.82, 2.24) is 15.1 Å². The first-order valence-corrected chi connectivity index (χ1v) is 14.4. The molecule has 0 aromatic heterocycles. The van der Waals surface area contributed by atoms with E-state index in [0.717, 1.165) is 17.7 Å². The van der Waals surface area contributed by atoms with Crippen molar-refractivity contribution in [2.45, 2.75) is 84.8 Å². The summed E-state index contributed by atoms with van der Waals surface area (Å²) >= 11 is 0. The number of nitrogens with one attached hydrogen (secondary N) is 1. The van der Waals surface area contributed by atoms with Crippen LogP contribution in [0.4, 0.5) is 18.4 Å². The molecule has 1 heterocycles. The quantitative estimate of drug-likeness (QED) is 0.383. The number of likely N-dealkylation sites (N-methyl/N-ethyl adjacent to an activating group) is 1. The monoisotopic (exact) mass is 603 g/mol. The molecule has 9 nitrogen and oxygen atoms in total. The van der Waals surface area contributed by atoms with Crippen LogP contribution in [0.3, 0.4) is 0 Å². The first-order chi connectivity index (χ1) is 20.0. The lowest BCUT2D eigenvalue weighted by molar-refractivity contribution is -0.134. The van der Waals surface area contributed by atoms with Crippen LogP contribution in [-0.2, 0) is 20.9 Å². The molecule has 0 saturated carbocycles. The van der Waals surface area contributed by atoms with E-state index in [-0.39, 0.29) is 37.4 Å². The third-order valence-corrected chi connectivity index (χ3v) is 6.96. The summed E-state index contributed by atoms with van der Waals surface area (Å²) in [7, 11) is 1.64. The largest absolute Gasteiger partial charge is 0.488 e. The number of alkyl carbamates (subject to hydrolysis) is 1. The van der Waals surface area contributed by atoms with Crippen molar-refractivity contribution in [3.63, 3.8) is 0 Å².